The normalized spacial score (nSPS) is 27.2. The highest BCUT2D eigenvalue weighted by molar-refractivity contribution is 8.00. The molecule has 0 amide bonds. The Labute approximate surface area is 117 Å². The molecular weight excluding hydrogens is 240 g/mol. The minimum atomic E-state index is 0.485. The molecule has 0 aromatic heterocycles. The van der Waals surface area contributed by atoms with Crippen LogP contribution in [0.1, 0.15) is 46.0 Å². The molecule has 1 aliphatic carbocycles. The van der Waals surface area contributed by atoms with Gasteiger partial charge >= 0.3 is 0 Å². The van der Waals surface area contributed by atoms with Gasteiger partial charge in [-0.15, -0.1) is 0 Å². The second-order valence-electron chi connectivity index (χ2n) is 6.08. The summed E-state index contributed by atoms with van der Waals surface area (Å²) in [5.74, 6) is 0.984. The standard InChI is InChI=1S/C15H30N2S/c1-4-15(5-2,18-3)12-17-10-6-9-16-14(11-17)13-7-8-13/h13-14,16H,4-12H2,1-3H3. The Kier molecular flexibility index (Phi) is 5.40. The van der Waals surface area contributed by atoms with Crippen molar-refractivity contribution in [1.29, 1.82) is 0 Å². The molecule has 0 spiro atoms. The van der Waals surface area contributed by atoms with Crippen molar-refractivity contribution in [2.45, 2.75) is 56.7 Å². The Bertz CT molecular complexity index is 241. The van der Waals surface area contributed by atoms with E-state index in [9.17, 15) is 0 Å². The molecule has 2 nitrogen and oxygen atoms in total. The van der Waals surface area contributed by atoms with Crippen molar-refractivity contribution in [2.75, 3.05) is 32.4 Å². The van der Waals surface area contributed by atoms with Crippen LogP contribution in [0.4, 0.5) is 0 Å². The van der Waals surface area contributed by atoms with E-state index in [0.29, 0.717) is 4.75 Å². The molecule has 2 aliphatic rings. The topological polar surface area (TPSA) is 15.3 Å². The van der Waals surface area contributed by atoms with Crippen LogP contribution in [-0.4, -0.2) is 48.1 Å². The van der Waals surface area contributed by atoms with E-state index in [4.69, 9.17) is 0 Å². The summed E-state index contributed by atoms with van der Waals surface area (Å²) < 4.78 is 0.485. The fourth-order valence-electron chi connectivity index (χ4n) is 3.22. The molecule has 0 aromatic rings. The summed E-state index contributed by atoms with van der Waals surface area (Å²) in [4.78, 5) is 2.74. The molecule has 1 atom stereocenters. The summed E-state index contributed by atoms with van der Waals surface area (Å²) in [5, 5.41) is 3.76. The molecule has 3 heteroatoms. The van der Waals surface area contributed by atoms with Crippen LogP contribution in [0.5, 0.6) is 0 Å². The summed E-state index contributed by atoms with van der Waals surface area (Å²) >= 11 is 2.08. The van der Waals surface area contributed by atoms with Crippen LogP contribution >= 0.6 is 11.8 Å². The maximum atomic E-state index is 3.76. The summed E-state index contributed by atoms with van der Waals surface area (Å²) in [5.41, 5.74) is 0. The van der Waals surface area contributed by atoms with E-state index in [1.54, 1.807) is 0 Å². The summed E-state index contributed by atoms with van der Waals surface area (Å²) in [6.07, 6.45) is 9.12. The summed E-state index contributed by atoms with van der Waals surface area (Å²) in [6, 6.07) is 0.778. The second-order valence-corrected chi connectivity index (χ2v) is 7.36. The Morgan fingerprint density at radius 2 is 2.00 bits per heavy atom. The van der Waals surface area contributed by atoms with Gasteiger partial charge in [0.05, 0.1) is 0 Å². The van der Waals surface area contributed by atoms with E-state index >= 15 is 0 Å². The maximum absolute atomic E-state index is 3.76. The SMILES string of the molecule is CCC(CC)(CN1CCCNC(C2CC2)C1)SC. The third-order valence-corrected chi connectivity index (χ3v) is 6.51. The molecule has 0 bridgehead atoms. The molecular formula is C15H30N2S. The molecule has 1 N–H and O–H groups in total. The third kappa shape index (κ3) is 3.64. The van der Waals surface area contributed by atoms with Gasteiger partial charge in [-0.3, -0.25) is 0 Å². The number of rotatable bonds is 6. The van der Waals surface area contributed by atoms with Crippen LogP contribution in [-0.2, 0) is 0 Å². The first-order chi connectivity index (χ1) is 8.73. The van der Waals surface area contributed by atoms with E-state index in [-0.39, 0.29) is 0 Å². The van der Waals surface area contributed by atoms with Gasteiger partial charge in [0.2, 0.25) is 0 Å². The van der Waals surface area contributed by atoms with Crippen molar-refractivity contribution in [2.24, 2.45) is 5.92 Å². The molecule has 1 saturated heterocycles. The highest BCUT2D eigenvalue weighted by Gasteiger charge is 2.35. The number of hydrogen-bond acceptors (Lipinski definition) is 3. The van der Waals surface area contributed by atoms with Gasteiger partial charge < -0.3 is 10.2 Å². The Morgan fingerprint density at radius 3 is 2.56 bits per heavy atom. The number of hydrogen-bond donors (Lipinski definition) is 1. The number of nitrogens with zero attached hydrogens (tertiary/aromatic N) is 1. The van der Waals surface area contributed by atoms with E-state index in [2.05, 4.69) is 42.1 Å². The van der Waals surface area contributed by atoms with E-state index in [1.807, 2.05) is 0 Å². The molecule has 0 aromatic carbocycles. The molecule has 106 valence electrons. The molecule has 1 aliphatic heterocycles. The predicted molar refractivity (Wildman–Crippen MR) is 82.4 cm³/mol. The van der Waals surface area contributed by atoms with Gasteiger partial charge in [0.15, 0.2) is 0 Å². The van der Waals surface area contributed by atoms with Crippen molar-refractivity contribution in [3.8, 4) is 0 Å². The summed E-state index contributed by atoms with van der Waals surface area (Å²) in [6.45, 7) is 9.79. The van der Waals surface area contributed by atoms with Crippen molar-refractivity contribution in [3.63, 3.8) is 0 Å². The van der Waals surface area contributed by atoms with Crippen LogP contribution in [0.15, 0.2) is 0 Å². The van der Waals surface area contributed by atoms with Crippen molar-refractivity contribution < 1.29 is 0 Å². The monoisotopic (exact) mass is 270 g/mol. The first kappa shape index (κ1) is 14.7. The van der Waals surface area contributed by atoms with E-state index < -0.39 is 0 Å². The second kappa shape index (κ2) is 6.62. The quantitative estimate of drug-likeness (QED) is 0.799. The van der Waals surface area contributed by atoms with Gasteiger partial charge in [0.1, 0.15) is 0 Å². The van der Waals surface area contributed by atoms with E-state index in [0.717, 1.165) is 12.0 Å². The molecule has 18 heavy (non-hydrogen) atoms. The lowest BCUT2D eigenvalue weighted by Crippen LogP contribution is -2.45. The third-order valence-electron chi connectivity index (χ3n) is 4.94. The zero-order chi connectivity index (χ0) is 13.0. The Morgan fingerprint density at radius 1 is 1.28 bits per heavy atom. The lowest BCUT2D eigenvalue weighted by molar-refractivity contribution is 0.228. The predicted octanol–water partition coefficient (Wildman–Crippen LogP) is 2.98. The van der Waals surface area contributed by atoms with Gasteiger partial charge in [0, 0.05) is 23.9 Å². The van der Waals surface area contributed by atoms with Crippen LogP contribution in [0, 0.1) is 5.92 Å². The van der Waals surface area contributed by atoms with Gasteiger partial charge in [-0.25, -0.2) is 0 Å². The minimum Gasteiger partial charge on any atom is -0.312 e. The lowest BCUT2D eigenvalue weighted by Gasteiger charge is -2.36. The molecule has 2 fully saturated rings. The van der Waals surface area contributed by atoms with Gasteiger partial charge in [0.25, 0.3) is 0 Å². The molecule has 2 rings (SSSR count). The van der Waals surface area contributed by atoms with Gasteiger partial charge in [-0.1, -0.05) is 13.8 Å². The minimum absolute atomic E-state index is 0.485. The van der Waals surface area contributed by atoms with E-state index in [1.165, 1.54) is 58.3 Å². The number of thioether (sulfide) groups is 1. The molecule has 1 saturated carbocycles. The van der Waals surface area contributed by atoms with Crippen molar-refractivity contribution >= 4 is 11.8 Å². The fourth-order valence-corrected chi connectivity index (χ4v) is 4.11. The van der Waals surface area contributed by atoms with Crippen molar-refractivity contribution in [3.05, 3.63) is 0 Å². The highest BCUT2D eigenvalue weighted by Crippen LogP contribution is 2.35. The molecule has 1 unspecified atom stereocenters. The van der Waals surface area contributed by atoms with Crippen LogP contribution < -0.4 is 5.32 Å². The molecule has 1 heterocycles. The lowest BCUT2D eigenvalue weighted by atomic mass is 10.0. The van der Waals surface area contributed by atoms with Crippen LogP contribution in [0.25, 0.3) is 0 Å². The first-order valence-corrected chi connectivity index (χ1v) is 8.96. The largest absolute Gasteiger partial charge is 0.312 e. The summed E-state index contributed by atoms with van der Waals surface area (Å²) in [7, 11) is 0. The Hall–Kier alpha value is 0.270. The first-order valence-electron chi connectivity index (χ1n) is 7.74. The fraction of sp³-hybridized carbons (Fsp3) is 1.00. The van der Waals surface area contributed by atoms with Crippen LogP contribution in [0.2, 0.25) is 0 Å². The number of nitrogens with one attached hydrogen (secondary N) is 1. The van der Waals surface area contributed by atoms with Crippen molar-refractivity contribution in [1.82, 2.24) is 10.2 Å². The zero-order valence-corrected chi connectivity index (χ0v) is 13.2. The average Bonchev–Trinajstić information content (AvgIpc) is 3.22. The Balaban J connectivity index is 1.93. The highest BCUT2D eigenvalue weighted by atomic mass is 32.2. The smallest absolute Gasteiger partial charge is 0.0279 e. The van der Waals surface area contributed by atoms with Crippen LogP contribution in [0.3, 0.4) is 0 Å². The van der Waals surface area contributed by atoms with Gasteiger partial charge in [-0.05, 0) is 57.4 Å². The average molecular weight is 270 g/mol. The molecule has 0 radical (unpaired) electrons. The zero-order valence-electron chi connectivity index (χ0n) is 12.4. The maximum Gasteiger partial charge on any atom is 0.0279 e. The van der Waals surface area contributed by atoms with Gasteiger partial charge in [-0.2, -0.15) is 11.8 Å².